The summed E-state index contributed by atoms with van der Waals surface area (Å²) in [5.74, 6) is 1.03. The Morgan fingerprint density at radius 2 is 1.89 bits per heavy atom. The summed E-state index contributed by atoms with van der Waals surface area (Å²) in [6, 6.07) is 8.56. The topological polar surface area (TPSA) is 29.5 Å². The van der Waals surface area contributed by atoms with Gasteiger partial charge in [-0.2, -0.15) is 0 Å². The number of ether oxygens (including phenoxy) is 1. The summed E-state index contributed by atoms with van der Waals surface area (Å²) in [5, 5.41) is 7.00. The first kappa shape index (κ1) is 14.5. The van der Waals surface area contributed by atoms with Gasteiger partial charge in [0.15, 0.2) is 0 Å². The van der Waals surface area contributed by atoms with Crippen LogP contribution in [0.1, 0.15) is 31.9 Å². The molecule has 18 heavy (non-hydrogen) atoms. The highest BCUT2D eigenvalue weighted by Gasteiger charge is 2.13. The third kappa shape index (κ3) is 3.47. The van der Waals surface area contributed by atoms with Gasteiger partial charge in [0, 0.05) is 19.1 Å². The van der Waals surface area contributed by atoms with Crippen molar-refractivity contribution in [1.29, 1.82) is 0 Å². The van der Waals surface area contributed by atoms with Crippen molar-refractivity contribution >= 4 is 5.57 Å². The fourth-order valence-electron chi connectivity index (χ4n) is 2.05. The van der Waals surface area contributed by atoms with Crippen LogP contribution in [-0.2, 0) is 11.2 Å². The Morgan fingerprint density at radius 1 is 1.22 bits per heavy atom. The normalized spacial score (nSPS) is 13.6. The fraction of sp³-hybridized carbons (Fsp3) is 0.375. The zero-order valence-electron chi connectivity index (χ0n) is 11.7. The third-order valence-electron chi connectivity index (χ3n) is 2.81. The van der Waals surface area contributed by atoms with Gasteiger partial charge in [-0.25, -0.2) is 0 Å². The Labute approximate surface area is 110 Å². The standard InChI is InChI=1S/C15H18O.CH4O/c1-11(2)10-15-12(3)16-9-8-13-6-4-5-7-14(13)15;1-2/h4-7,10H,8-9H2,1-3H3;2H,1H3. The highest BCUT2D eigenvalue weighted by Crippen LogP contribution is 2.28. The Morgan fingerprint density at radius 3 is 2.56 bits per heavy atom. The molecule has 0 fully saturated rings. The molecule has 2 heteroatoms. The molecule has 0 radical (unpaired) electrons. The lowest BCUT2D eigenvalue weighted by Gasteiger charge is -2.08. The number of rotatable bonds is 1. The Bertz CT molecular complexity index is 452. The highest BCUT2D eigenvalue weighted by atomic mass is 16.5. The van der Waals surface area contributed by atoms with E-state index in [2.05, 4.69) is 51.1 Å². The first-order chi connectivity index (χ1) is 8.68. The van der Waals surface area contributed by atoms with Crippen LogP contribution in [0.4, 0.5) is 0 Å². The molecule has 0 bridgehead atoms. The van der Waals surface area contributed by atoms with Gasteiger partial charge >= 0.3 is 0 Å². The van der Waals surface area contributed by atoms with Crippen LogP contribution in [0.3, 0.4) is 0 Å². The van der Waals surface area contributed by atoms with E-state index in [1.54, 1.807) is 0 Å². The first-order valence-corrected chi connectivity index (χ1v) is 6.20. The number of allylic oxidation sites excluding steroid dienone is 4. The van der Waals surface area contributed by atoms with Crippen LogP contribution >= 0.6 is 0 Å². The molecule has 1 N–H and O–H groups in total. The molecule has 1 aliphatic heterocycles. The maximum Gasteiger partial charge on any atom is 0.101 e. The maximum absolute atomic E-state index is 7.00. The molecule has 98 valence electrons. The summed E-state index contributed by atoms with van der Waals surface area (Å²) in [4.78, 5) is 0. The number of hydrogen-bond acceptors (Lipinski definition) is 2. The van der Waals surface area contributed by atoms with Gasteiger partial charge in [0.05, 0.1) is 6.61 Å². The van der Waals surface area contributed by atoms with E-state index in [1.165, 1.54) is 22.3 Å². The highest BCUT2D eigenvalue weighted by molar-refractivity contribution is 5.78. The molecule has 0 aliphatic carbocycles. The summed E-state index contributed by atoms with van der Waals surface area (Å²) < 4.78 is 5.73. The van der Waals surface area contributed by atoms with Gasteiger partial charge in [0.2, 0.25) is 0 Å². The van der Waals surface area contributed by atoms with Gasteiger partial charge in [-0.05, 0) is 31.9 Å². The smallest absolute Gasteiger partial charge is 0.101 e. The summed E-state index contributed by atoms with van der Waals surface area (Å²) in [5.41, 5.74) is 5.23. The van der Waals surface area contributed by atoms with Gasteiger partial charge in [-0.3, -0.25) is 0 Å². The number of aliphatic hydroxyl groups excluding tert-OH is 1. The molecule has 0 saturated carbocycles. The summed E-state index contributed by atoms with van der Waals surface area (Å²) in [6.07, 6.45) is 3.20. The predicted octanol–water partition coefficient (Wildman–Crippen LogP) is 3.57. The molecule has 0 aromatic heterocycles. The monoisotopic (exact) mass is 246 g/mol. The molecule has 0 atom stereocenters. The largest absolute Gasteiger partial charge is 0.497 e. The van der Waals surface area contributed by atoms with E-state index < -0.39 is 0 Å². The molecule has 1 aliphatic rings. The van der Waals surface area contributed by atoms with Crippen molar-refractivity contribution in [1.82, 2.24) is 0 Å². The van der Waals surface area contributed by atoms with Crippen LogP contribution in [0.15, 0.2) is 41.7 Å². The second-order valence-electron chi connectivity index (χ2n) is 4.45. The minimum absolute atomic E-state index is 0.781. The van der Waals surface area contributed by atoms with E-state index in [0.717, 1.165) is 25.9 Å². The van der Waals surface area contributed by atoms with Crippen LogP contribution in [-0.4, -0.2) is 18.8 Å². The molecule has 1 heterocycles. The molecule has 2 nitrogen and oxygen atoms in total. The molecule has 0 amide bonds. The van der Waals surface area contributed by atoms with Crippen LogP contribution in [0, 0.1) is 0 Å². The zero-order chi connectivity index (χ0) is 13.5. The molecule has 0 spiro atoms. The molecule has 1 aromatic rings. The Hall–Kier alpha value is -1.54. The second kappa shape index (κ2) is 7.02. The van der Waals surface area contributed by atoms with Crippen molar-refractivity contribution in [2.75, 3.05) is 13.7 Å². The number of benzene rings is 1. The summed E-state index contributed by atoms with van der Waals surface area (Å²) in [7, 11) is 1.00. The van der Waals surface area contributed by atoms with Gasteiger partial charge in [-0.15, -0.1) is 0 Å². The second-order valence-corrected chi connectivity index (χ2v) is 4.45. The number of fused-ring (bicyclic) bond motifs is 1. The molecule has 0 saturated heterocycles. The molecule has 2 rings (SSSR count). The molecular weight excluding hydrogens is 224 g/mol. The van der Waals surface area contributed by atoms with E-state index in [1.807, 2.05) is 0 Å². The lowest BCUT2D eigenvalue weighted by Crippen LogP contribution is -1.93. The molecule has 1 aromatic carbocycles. The number of hydrogen-bond donors (Lipinski definition) is 1. The first-order valence-electron chi connectivity index (χ1n) is 6.20. The van der Waals surface area contributed by atoms with E-state index in [4.69, 9.17) is 9.84 Å². The average molecular weight is 246 g/mol. The lowest BCUT2D eigenvalue weighted by atomic mass is 9.96. The number of aliphatic hydroxyl groups is 1. The minimum atomic E-state index is 0.781. The average Bonchev–Trinajstić information content (AvgIpc) is 2.52. The quantitative estimate of drug-likeness (QED) is 0.821. The van der Waals surface area contributed by atoms with E-state index in [9.17, 15) is 0 Å². The predicted molar refractivity (Wildman–Crippen MR) is 76.3 cm³/mol. The van der Waals surface area contributed by atoms with Gasteiger partial charge in [0.25, 0.3) is 0 Å². The van der Waals surface area contributed by atoms with E-state index in [-0.39, 0.29) is 0 Å². The van der Waals surface area contributed by atoms with E-state index >= 15 is 0 Å². The SMILES string of the molecule is CC(C)=CC1=C(C)OCCc2ccccc21.CO. The maximum atomic E-state index is 7.00. The summed E-state index contributed by atoms with van der Waals surface area (Å²) >= 11 is 0. The van der Waals surface area contributed by atoms with Crippen molar-refractivity contribution < 1.29 is 9.84 Å². The molecular formula is C16H22O2. The summed E-state index contributed by atoms with van der Waals surface area (Å²) in [6.45, 7) is 7.07. The van der Waals surface area contributed by atoms with Crippen LogP contribution in [0.2, 0.25) is 0 Å². The lowest BCUT2D eigenvalue weighted by molar-refractivity contribution is 0.222. The zero-order valence-corrected chi connectivity index (χ0v) is 11.7. The van der Waals surface area contributed by atoms with Crippen molar-refractivity contribution in [3.63, 3.8) is 0 Å². The third-order valence-corrected chi connectivity index (χ3v) is 2.81. The van der Waals surface area contributed by atoms with Crippen molar-refractivity contribution in [2.24, 2.45) is 0 Å². The van der Waals surface area contributed by atoms with Gasteiger partial charge in [0.1, 0.15) is 5.76 Å². The Balaban J connectivity index is 0.000000771. The van der Waals surface area contributed by atoms with E-state index in [0.29, 0.717) is 0 Å². The van der Waals surface area contributed by atoms with Crippen molar-refractivity contribution in [2.45, 2.75) is 27.2 Å². The van der Waals surface area contributed by atoms with Crippen molar-refractivity contribution in [3.05, 3.63) is 52.8 Å². The minimum Gasteiger partial charge on any atom is -0.497 e. The Kier molecular flexibility index (Phi) is 5.66. The van der Waals surface area contributed by atoms with Crippen molar-refractivity contribution in [3.8, 4) is 0 Å². The van der Waals surface area contributed by atoms with Crippen LogP contribution in [0.5, 0.6) is 0 Å². The molecule has 0 unspecified atom stereocenters. The van der Waals surface area contributed by atoms with Gasteiger partial charge in [-0.1, -0.05) is 35.9 Å². The van der Waals surface area contributed by atoms with Gasteiger partial charge < -0.3 is 9.84 Å². The van der Waals surface area contributed by atoms with Crippen LogP contribution < -0.4 is 0 Å². The van der Waals surface area contributed by atoms with Crippen LogP contribution in [0.25, 0.3) is 5.57 Å². The fourth-order valence-corrected chi connectivity index (χ4v) is 2.05.